The van der Waals surface area contributed by atoms with Crippen molar-refractivity contribution in [3.05, 3.63) is 29.8 Å². The predicted octanol–water partition coefficient (Wildman–Crippen LogP) is 1.28. The summed E-state index contributed by atoms with van der Waals surface area (Å²) in [5.74, 6) is -13.5. The molecule has 1 aromatic rings. The number of urea groups is 1. The maximum Gasteiger partial charge on any atom is 0.326 e. The highest BCUT2D eigenvalue weighted by Gasteiger charge is 2.56. The fourth-order valence-electron chi connectivity index (χ4n) is 11.6. The monoisotopic (exact) mass is 1430 g/mol. The van der Waals surface area contributed by atoms with Gasteiger partial charge in [-0.3, -0.25) is 67.5 Å². The molecular weight excluding hydrogens is 1320 g/mol. The van der Waals surface area contributed by atoms with Gasteiger partial charge in [0.05, 0.1) is 19.6 Å². The van der Waals surface area contributed by atoms with Crippen LogP contribution in [0.5, 0.6) is 0 Å². The predicted molar refractivity (Wildman–Crippen MR) is 358 cm³/mol. The van der Waals surface area contributed by atoms with Gasteiger partial charge in [0.1, 0.15) is 30.2 Å². The average Bonchev–Trinajstić information content (AvgIpc) is 0.749. The number of rotatable bonds is 44. The maximum atomic E-state index is 17.1. The molecule has 5 atom stereocenters. The van der Waals surface area contributed by atoms with Crippen molar-refractivity contribution in [1.82, 2.24) is 56.8 Å². The number of unbranched alkanes of at least 4 members (excludes halogenated alkanes) is 5. The highest BCUT2D eigenvalue weighted by atomic mass is 28.4. The van der Waals surface area contributed by atoms with Gasteiger partial charge in [0.15, 0.2) is 0 Å². The van der Waals surface area contributed by atoms with E-state index in [9.17, 15) is 103 Å². The molecule has 0 spiro atoms. The second-order valence-corrected chi connectivity index (χ2v) is 31.6. The first kappa shape index (κ1) is 86.7. The summed E-state index contributed by atoms with van der Waals surface area (Å²) in [5.41, 5.74) is 0.0724. The van der Waals surface area contributed by atoms with E-state index in [1.165, 1.54) is 43.9 Å². The van der Waals surface area contributed by atoms with Gasteiger partial charge in [0.25, 0.3) is 14.3 Å². The second kappa shape index (κ2) is 43.9. The number of benzene rings is 1. The minimum atomic E-state index is -3.74. The number of carboxylic acid groups (broad SMARTS) is 8. The molecule has 15 N–H and O–H groups in total. The molecule has 0 radical (unpaired) electrons. The molecule has 0 unspecified atom stereocenters. The minimum Gasteiger partial charge on any atom is -0.481 e. The van der Waals surface area contributed by atoms with Crippen molar-refractivity contribution in [3.63, 3.8) is 0 Å². The summed E-state index contributed by atoms with van der Waals surface area (Å²) < 4.78 is 17.1. The van der Waals surface area contributed by atoms with Crippen LogP contribution in [0.1, 0.15) is 161 Å². The normalized spacial score (nSPS) is 15.5. The standard InChI is InChI=1S/C64H104FN11O22Si/c1-63(2,3)99(65,64(4,5)6)43-24-22-42(23-25-43)56(88)68-38-47(69-51(79)27-26-48(61(96)97)76-36-34-74(40-54(84)85)32-30-73(39-53(82)83)31-33-75(35-37-76)41-55(86)87)57(89)70-44(58(90)91)16-11-13-28-66-49(77)19-9-7-8-10-20-50(78)67-29-14-12-17-45(59(92)93)71-62(98)72-46(60(94)95)18-15-21-52(80)81/h22-25,44-48H,7-21,26-41H2,1-6H3,(H,66,77)(H,67,78)(H,68,88)(H,69,79)(H,70,89)(H,80,81)(H,82,83)(H,84,85)(H,86,87)(H,90,91)(H,92,93)(H,94,95)(H,96,97)(H2,71,72,98)/t44-,45-,46-,47+,48+/m0/s1. The highest BCUT2D eigenvalue weighted by molar-refractivity contribution is 6.90. The number of halogens is 1. The lowest BCUT2D eigenvalue weighted by Gasteiger charge is -2.44. The Labute approximate surface area is 576 Å². The molecular formula is C64H104FN11O22Si. The van der Waals surface area contributed by atoms with Crippen LogP contribution in [0.3, 0.4) is 0 Å². The van der Waals surface area contributed by atoms with Gasteiger partial charge in [-0.1, -0.05) is 66.5 Å². The lowest BCUT2D eigenvalue weighted by atomic mass is 10.1. The number of aliphatic carboxylic acids is 8. The minimum absolute atomic E-state index is 0.0218. The Morgan fingerprint density at radius 3 is 1.21 bits per heavy atom. The van der Waals surface area contributed by atoms with E-state index in [0.717, 1.165) is 0 Å². The van der Waals surface area contributed by atoms with Crippen molar-refractivity contribution in [2.45, 2.75) is 191 Å². The molecule has 1 heterocycles. The molecule has 1 aliphatic heterocycles. The van der Waals surface area contributed by atoms with Gasteiger partial charge in [-0.2, -0.15) is 0 Å². The van der Waals surface area contributed by atoms with Gasteiger partial charge in [-0.05, 0) is 98.0 Å². The number of nitrogens with zero attached hydrogens (tertiary/aromatic N) is 4. The molecule has 33 nitrogen and oxygen atoms in total. The van der Waals surface area contributed by atoms with E-state index in [0.29, 0.717) is 37.3 Å². The number of amides is 7. The molecule has 35 heteroatoms. The van der Waals surface area contributed by atoms with Crippen LogP contribution >= 0.6 is 0 Å². The van der Waals surface area contributed by atoms with E-state index in [1.54, 1.807) is 0 Å². The van der Waals surface area contributed by atoms with Crippen molar-refractivity contribution in [2.24, 2.45) is 0 Å². The summed E-state index contributed by atoms with van der Waals surface area (Å²) in [5, 5.41) is 93.6. The van der Waals surface area contributed by atoms with Crippen molar-refractivity contribution in [3.8, 4) is 0 Å². The average molecular weight is 1430 g/mol. The zero-order valence-corrected chi connectivity index (χ0v) is 58.6. The maximum absolute atomic E-state index is 17.1. The van der Waals surface area contributed by atoms with Crippen LogP contribution in [0.4, 0.5) is 8.90 Å². The van der Waals surface area contributed by atoms with Crippen molar-refractivity contribution >= 4 is 96.9 Å². The van der Waals surface area contributed by atoms with Crippen LogP contribution in [0, 0.1) is 0 Å². The second-order valence-electron chi connectivity index (χ2n) is 26.7. The summed E-state index contributed by atoms with van der Waals surface area (Å²) in [6, 6.07) is -2.49. The van der Waals surface area contributed by atoms with E-state index in [-0.39, 0.29) is 147 Å². The van der Waals surface area contributed by atoms with Crippen molar-refractivity contribution in [2.75, 3.05) is 91.6 Å². The zero-order valence-electron chi connectivity index (χ0n) is 57.6. The first-order valence-electron chi connectivity index (χ1n) is 33.3. The fraction of sp³-hybridized carbons (Fsp3) is 0.688. The Bertz CT molecular complexity index is 2830. The molecule has 0 aromatic heterocycles. The lowest BCUT2D eigenvalue weighted by molar-refractivity contribution is -0.145. The molecule has 1 aromatic carbocycles. The van der Waals surface area contributed by atoms with E-state index < -0.39 is 159 Å². The zero-order chi connectivity index (χ0) is 74.6. The number of nitrogens with one attached hydrogen (secondary N) is 7. The molecule has 558 valence electrons. The number of carbonyl (C=O) groups is 14. The first-order chi connectivity index (χ1) is 46.3. The third-order valence-electron chi connectivity index (χ3n) is 16.8. The molecule has 0 aliphatic carbocycles. The number of hydrogen-bond acceptors (Lipinski definition) is 18. The molecule has 1 fully saturated rings. The molecule has 0 saturated carbocycles. The quantitative estimate of drug-likeness (QED) is 0.0248. The Kier molecular flexibility index (Phi) is 38.4. The summed E-state index contributed by atoms with van der Waals surface area (Å²) in [6.45, 7) is 9.36. The molecule has 0 bridgehead atoms. The third kappa shape index (κ3) is 33.8. The van der Waals surface area contributed by atoms with E-state index in [2.05, 4.69) is 37.2 Å². The van der Waals surface area contributed by atoms with Crippen LogP contribution < -0.4 is 42.4 Å². The summed E-state index contributed by atoms with van der Waals surface area (Å²) in [4.78, 5) is 180. The van der Waals surface area contributed by atoms with Gasteiger partial charge in [-0.25, -0.2) is 19.2 Å². The Hall–Kier alpha value is -8.41. The lowest BCUT2D eigenvalue weighted by Crippen LogP contribution is -2.58. The van der Waals surface area contributed by atoms with Crippen LogP contribution in [0.15, 0.2) is 24.3 Å². The molecule has 2 rings (SSSR count). The van der Waals surface area contributed by atoms with Crippen LogP contribution in [0.2, 0.25) is 10.1 Å². The first-order valence-corrected chi connectivity index (χ1v) is 35.2. The molecule has 1 aliphatic rings. The summed E-state index contributed by atoms with van der Waals surface area (Å²) >= 11 is 0. The molecule has 7 amide bonds. The van der Waals surface area contributed by atoms with Crippen LogP contribution in [0.25, 0.3) is 0 Å². The summed E-state index contributed by atoms with van der Waals surface area (Å²) in [6.07, 6.45) is 2.12. The molecule has 99 heavy (non-hydrogen) atoms. The van der Waals surface area contributed by atoms with Gasteiger partial charge < -0.3 is 82.2 Å². The Morgan fingerprint density at radius 1 is 0.424 bits per heavy atom. The number of carbonyl (C=O) groups excluding carboxylic acids is 6. The highest BCUT2D eigenvalue weighted by Crippen LogP contribution is 2.51. The topological polar surface area (TPSA) is 498 Å². The van der Waals surface area contributed by atoms with Crippen molar-refractivity contribution < 1.29 is 112 Å². The third-order valence-corrected chi connectivity index (χ3v) is 22.1. The van der Waals surface area contributed by atoms with E-state index >= 15 is 4.11 Å². The Morgan fingerprint density at radius 2 is 0.828 bits per heavy atom. The fourth-order valence-corrected chi connectivity index (χ4v) is 16.2. The van der Waals surface area contributed by atoms with Crippen LogP contribution in [-0.2, 0) is 57.5 Å². The van der Waals surface area contributed by atoms with Crippen LogP contribution in [-0.4, -0.2) is 274 Å². The van der Waals surface area contributed by atoms with E-state index in [1.807, 2.05) is 41.5 Å². The van der Waals surface area contributed by atoms with Gasteiger partial charge in [0, 0.05) is 103 Å². The smallest absolute Gasteiger partial charge is 0.326 e. The Balaban J connectivity index is 2.08. The number of carboxylic acids is 8. The SMILES string of the molecule is CC(C)(C)[Si](F)(c1ccc(C(=O)NC[C@@H](NC(=O)CC[C@H](C(=O)O)N2CCN(CC(=O)O)CCN(CC(=O)O)CCN(CC(=O)O)CC2)C(=O)N[C@@H](CCCCNC(=O)CCCCCCC(=O)NCCCC[C@H](NC(=O)N[C@@H](CCCC(=O)O)C(=O)O)C(=O)O)C(=O)O)cc1)C(C)(C)C. The molecule has 1 saturated heterocycles. The van der Waals surface area contributed by atoms with Gasteiger partial charge >= 0.3 is 53.8 Å². The van der Waals surface area contributed by atoms with Crippen molar-refractivity contribution in [1.29, 1.82) is 0 Å². The largest absolute Gasteiger partial charge is 0.481 e. The number of hydrogen-bond donors (Lipinski definition) is 15. The van der Waals surface area contributed by atoms with E-state index in [4.69, 9.17) is 5.11 Å². The van der Waals surface area contributed by atoms with Gasteiger partial charge in [-0.15, -0.1) is 0 Å². The van der Waals surface area contributed by atoms with Gasteiger partial charge in [0.2, 0.25) is 23.6 Å². The summed E-state index contributed by atoms with van der Waals surface area (Å²) in [7, 11) is -3.74.